The molecule has 2 saturated heterocycles. The Hall–Kier alpha value is -3.18. The second-order valence-corrected chi connectivity index (χ2v) is 9.56. The zero-order chi connectivity index (χ0) is 27.6. The van der Waals surface area contributed by atoms with Crippen LogP contribution in [0.25, 0.3) is 0 Å². The lowest BCUT2D eigenvalue weighted by Crippen LogP contribution is -2.44. The zero-order valence-corrected chi connectivity index (χ0v) is 22.1. The molecule has 212 valence electrons. The number of ether oxygens (including phenoxy) is 1. The van der Waals surface area contributed by atoms with Crippen molar-refractivity contribution in [1.29, 1.82) is 0 Å². The highest BCUT2D eigenvalue weighted by atomic mass is 16.5. The quantitative estimate of drug-likeness (QED) is 0.483. The average Bonchev–Trinajstić information content (AvgIpc) is 3.09. The first kappa shape index (κ1) is 31.0. The molecule has 3 N–H and O–H groups in total. The summed E-state index contributed by atoms with van der Waals surface area (Å²) in [5, 5.41) is 16.9. The Kier molecular flexibility index (Phi) is 14.8. The molecule has 0 spiro atoms. The van der Waals surface area contributed by atoms with E-state index in [2.05, 4.69) is 26.1 Å². The Bertz CT molecular complexity index is 864. The first-order valence-corrected chi connectivity index (χ1v) is 13.4. The van der Waals surface area contributed by atoms with Crippen molar-refractivity contribution in [1.82, 2.24) is 20.0 Å². The highest BCUT2D eigenvalue weighted by molar-refractivity contribution is 5.78. The molecule has 1 unspecified atom stereocenters. The number of carboxylic acid groups (broad SMARTS) is 2. The smallest absolute Gasteiger partial charge is 0.290 e. The normalized spacial score (nSPS) is 21.2. The number of benzene rings is 1. The summed E-state index contributed by atoms with van der Waals surface area (Å²) in [5.41, 5.74) is 1.15. The second kappa shape index (κ2) is 18.1. The van der Waals surface area contributed by atoms with Crippen LogP contribution < -0.4 is 10.1 Å². The van der Waals surface area contributed by atoms with Crippen molar-refractivity contribution >= 4 is 24.8 Å². The molecular formula is C27H42N4O7. The van der Waals surface area contributed by atoms with Gasteiger partial charge < -0.3 is 25.2 Å². The molecule has 3 heterocycles. The van der Waals surface area contributed by atoms with Crippen LogP contribution in [-0.2, 0) is 25.7 Å². The minimum absolute atomic E-state index is 0.178. The molecule has 11 nitrogen and oxygen atoms in total. The molecule has 3 aliphatic rings. The van der Waals surface area contributed by atoms with Crippen molar-refractivity contribution < 1.29 is 34.1 Å². The maximum atomic E-state index is 13.3. The fourth-order valence-corrected chi connectivity index (χ4v) is 5.16. The Balaban J connectivity index is 0.000000773. The summed E-state index contributed by atoms with van der Waals surface area (Å²) in [6, 6.07) is 8.46. The van der Waals surface area contributed by atoms with E-state index in [4.69, 9.17) is 24.5 Å². The van der Waals surface area contributed by atoms with Crippen LogP contribution in [0.1, 0.15) is 50.5 Å². The van der Waals surface area contributed by atoms with Gasteiger partial charge in [0.05, 0.1) is 6.54 Å². The monoisotopic (exact) mass is 534 g/mol. The number of carbonyl (C=O) groups excluding carboxylic acids is 2. The van der Waals surface area contributed by atoms with Crippen molar-refractivity contribution in [3.05, 3.63) is 29.8 Å². The Morgan fingerprint density at radius 1 is 0.974 bits per heavy atom. The zero-order valence-electron chi connectivity index (χ0n) is 22.1. The van der Waals surface area contributed by atoms with E-state index in [1.807, 2.05) is 18.2 Å². The Morgan fingerprint density at radius 3 is 2.45 bits per heavy atom. The summed E-state index contributed by atoms with van der Waals surface area (Å²) in [7, 11) is 0. The molecule has 1 aromatic rings. The molecule has 4 rings (SSSR count). The molecule has 0 saturated carbocycles. The SMILES string of the molecule is O=C1CC2CCCCN2CCCN(C(=O)CN2CCOc3ccccc3C2)CCCCN1.O=CO.O=CO. The number of nitrogens with zero attached hydrogens (tertiary/aromatic N) is 3. The van der Waals surface area contributed by atoms with Crippen LogP contribution in [0.5, 0.6) is 5.75 Å². The Morgan fingerprint density at radius 2 is 1.66 bits per heavy atom. The van der Waals surface area contributed by atoms with E-state index in [1.54, 1.807) is 0 Å². The maximum absolute atomic E-state index is 13.3. The highest BCUT2D eigenvalue weighted by Crippen LogP contribution is 2.23. The van der Waals surface area contributed by atoms with Gasteiger partial charge in [-0.2, -0.15) is 0 Å². The van der Waals surface area contributed by atoms with E-state index in [0.717, 1.165) is 76.3 Å². The fourth-order valence-electron chi connectivity index (χ4n) is 5.16. The van der Waals surface area contributed by atoms with Gasteiger partial charge in [-0.3, -0.25) is 29.0 Å². The van der Waals surface area contributed by atoms with Crippen molar-refractivity contribution in [3.8, 4) is 5.75 Å². The third-order valence-corrected chi connectivity index (χ3v) is 6.96. The van der Waals surface area contributed by atoms with E-state index >= 15 is 0 Å². The van der Waals surface area contributed by atoms with Crippen LogP contribution in [0.3, 0.4) is 0 Å². The molecule has 38 heavy (non-hydrogen) atoms. The van der Waals surface area contributed by atoms with Gasteiger partial charge in [0.1, 0.15) is 12.4 Å². The van der Waals surface area contributed by atoms with Gasteiger partial charge in [0.15, 0.2) is 0 Å². The van der Waals surface area contributed by atoms with E-state index in [-0.39, 0.29) is 24.8 Å². The Labute approximate surface area is 224 Å². The summed E-state index contributed by atoms with van der Waals surface area (Å²) >= 11 is 0. The van der Waals surface area contributed by atoms with Gasteiger partial charge in [0.2, 0.25) is 11.8 Å². The predicted molar refractivity (Wildman–Crippen MR) is 142 cm³/mol. The third kappa shape index (κ3) is 11.1. The van der Waals surface area contributed by atoms with E-state index in [0.29, 0.717) is 32.2 Å². The molecule has 3 aliphatic heterocycles. The van der Waals surface area contributed by atoms with Gasteiger partial charge in [-0.15, -0.1) is 0 Å². The van der Waals surface area contributed by atoms with Crippen LogP contribution in [0.4, 0.5) is 0 Å². The van der Waals surface area contributed by atoms with Gasteiger partial charge in [-0.1, -0.05) is 24.6 Å². The van der Waals surface area contributed by atoms with E-state index < -0.39 is 0 Å². The summed E-state index contributed by atoms with van der Waals surface area (Å²) in [5.74, 6) is 1.32. The van der Waals surface area contributed by atoms with E-state index in [1.165, 1.54) is 12.8 Å². The number of carbonyl (C=O) groups is 4. The average molecular weight is 535 g/mol. The molecular weight excluding hydrogens is 492 g/mol. The minimum Gasteiger partial charge on any atom is -0.492 e. The topological polar surface area (TPSA) is 140 Å². The summed E-state index contributed by atoms with van der Waals surface area (Å²) in [6.07, 6.45) is 6.94. The molecule has 2 amide bonds. The molecule has 0 radical (unpaired) electrons. The molecule has 1 aromatic carbocycles. The first-order valence-electron chi connectivity index (χ1n) is 13.4. The number of amides is 2. The molecule has 11 heteroatoms. The molecule has 1 atom stereocenters. The van der Waals surface area contributed by atoms with Gasteiger partial charge in [0, 0.05) is 57.3 Å². The number of piperidine rings is 1. The number of para-hydroxylation sites is 1. The maximum Gasteiger partial charge on any atom is 0.290 e. The lowest BCUT2D eigenvalue weighted by atomic mass is 9.98. The van der Waals surface area contributed by atoms with Crippen molar-refractivity contribution in [2.45, 2.75) is 57.5 Å². The number of hydrogen-bond acceptors (Lipinski definition) is 7. The largest absolute Gasteiger partial charge is 0.492 e. The van der Waals surface area contributed by atoms with E-state index in [9.17, 15) is 9.59 Å². The second-order valence-electron chi connectivity index (χ2n) is 9.56. The first-order chi connectivity index (χ1) is 18.5. The van der Waals surface area contributed by atoms with Crippen molar-refractivity contribution in [3.63, 3.8) is 0 Å². The van der Waals surface area contributed by atoms with Gasteiger partial charge in [-0.05, 0) is 44.7 Å². The standard InChI is InChI=1S/C25H38N4O3.2CH2O2/c30-24-18-22-9-3-5-12-28(22)14-7-15-29(13-6-4-11-26-24)25(31)20-27-16-17-32-23-10-2-1-8-21(23)19-27;2*2-1-3/h1-2,8,10,22H,3-7,9,11-20H2,(H,26,30);2*1H,(H,2,3). The summed E-state index contributed by atoms with van der Waals surface area (Å²) in [6.45, 7) is 6.34. The number of fused-ring (bicyclic) bond motifs is 2. The number of rotatable bonds is 2. The van der Waals surface area contributed by atoms with Crippen LogP contribution in [-0.4, -0.2) is 108 Å². The predicted octanol–water partition coefficient (Wildman–Crippen LogP) is 1.66. The lowest BCUT2D eigenvalue weighted by molar-refractivity contribution is -0.133. The van der Waals surface area contributed by atoms with Gasteiger partial charge >= 0.3 is 0 Å². The van der Waals surface area contributed by atoms with Crippen molar-refractivity contribution in [2.75, 3.05) is 52.4 Å². The van der Waals surface area contributed by atoms with Crippen LogP contribution in [0.2, 0.25) is 0 Å². The van der Waals surface area contributed by atoms with Crippen LogP contribution >= 0.6 is 0 Å². The molecule has 0 aromatic heterocycles. The van der Waals surface area contributed by atoms with Gasteiger partial charge in [-0.25, -0.2) is 0 Å². The highest BCUT2D eigenvalue weighted by Gasteiger charge is 2.26. The van der Waals surface area contributed by atoms with Crippen molar-refractivity contribution in [2.24, 2.45) is 0 Å². The third-order valence-electron chi connectivity index (χ3n) is 6.96. The fraction of sp³-hybridized carbons (Fsp3) is 0.630. The molecule has 0 aliphatic carbocycles. The lowest BCUT2D eigenvalue weighted by Gasteiger charge is -2.36. The summed E-state index contributed by atoms with van der Waals surface area (Å²) < 4.78 is 5.86. The number of hydrogen-bond donors (Lipinski definition) is 3. The van der Waals surface area contributed by atoms with Crippen LogP contribution in [0, 0.1) is 0 Å². The van der Waals surface area contributed by atoms with Gasteiger partial charge in [0.25, 0.3) is 12.9 Å². The molecule has 2 fully saturated rings. The minimum atomic E-state index is -0.250. The number of nitrogens with one attached hydrogen (secondary N) is 1. The molecule has 0 bridgehead atoms. The summed E-state index contributed by atoms with van der Waals surface area (Å²) in [4.78, 5) is 49.1. The van der Waals surface area contributed by atoms with Crippen LogP contribution in [0.15, 0.2) is 24.3 Å².